The number of aliphatic carboxylic acids is 1. The van der Waals surface area contributed by atoms with Crippen molar-refractivity contribution < 1.29 is 14.7 Å². The molecule has 1 rings (SSSR count). The van der Waals surface area contributed by atoms with Crippen LogP contribution in [0.1, 0.15) is 33.1 Å². The van der Waals surface area contributed by atoms with Gasteiger partial charge in [-0.2, -0.15) is 0 Å². The summed E-state index contributed by atoms with van der Waals surface area (Å²) < 4.78 is 0. The predicted molar refractivity (Wildman–Crippen MR) is 64.8 cm³/mol. The van der Waals surface area contributed by atoms with Crippen LogP contribution in [-0.2, 0) is 9.59 Å². The first-order valence-corrected chi connectivity index (χ1v) is 6.16. The van der Waals surface area contributed by atoms with Crippen LogP contribution in [0.25, 0.3) is 0 Å². The molecule has 0 aromatic heterocycles. The molecule has 0 radical (unpaired) electrons. The summed E-state index contributed by atoms with van der Waals surface area (Å²) in [4.78, 5) is 26.3. The van der Waals surface area contributed by atoms with Gasteiger partial charge in [0, 0.05) is 12.6 Å². The van der Waals surface area contributed by atoms with E-state index in [1.54, 1.807) is 18.9 Å². The van der Waals surface area contributed by atoms with E-state index in [1.807, 2.05) is 4.90 Å². The van der Waals surface area contributed by atoms with Gasteiger partial charge in [0.25, 0.3) is 0 Å². The molecule has 1 amide bonds. The average Bonchev–Trinajstić information content (AvgIpc) is 2.28. The third-order valence-corrected chi connectivity index (χ3v) is 3.53. The van der Waals surface area contributed by atoms with E-state index in [-0.39, 0.29) is 18.5 Å². The van der Waals surface area contributed by atoms with Gasteiger partial charge in [-0.25, -0.2) is 0 Å². The fraction of sp³-hybridized carbons (Fsp3) is 0.833. The molecule has 5 nitrogen and oxygen atoms in total. The Morgan fingerprint density at radius 2 is 2.12 bits per heavy atom. The Hall–Kier alpha value is -1.10. The zero-order valence-corrected chi connectivity index (χ0v) is 10.8. The highest BCUT2D eigenvalue weighted by Gasteiger charge is 2.26. The zero-order valence-electron chi connectivity index (χ0n) is 10.8. The Bertz CT molecular complexity index is 293. The van der Waals surface area contributed by atoms with Gasteiger partial charge in [0.1, 0.15) is 6.04 Å². The van der Waals surface area contributed by atoms with Crippen LogP contribution < -0.4 is 0 Å². The molecule has 0 saturated carbocycles. The summed E-state index contributed by atoms with van der Waals surface area (Å²) in [6.45, 7) is 4.63. The predicted octanol–water partition coefficient (Wildman–Crippen LogP) is 0.792. The molecule has 1 saturated heterocycles. The van der Waals surface area contributed by atoms with Crippen molar-refractivity contribution in [2.24, 2.45) is 0 Å². The Balaban J connectivity index is 2.50. The largest absolute Gasteiger partial charge is 0.480 e. The number of amides is 1. The van der Waals surface area contributed by atoms with Gasteiger partial charge in [-0.1, -0.05) is 0 Å². The Morgan fingerprint density at radius 3 is 2.65 bits per heavy atom. The molecule has 98 valence electrons. The lowest BCUT2D eigenvalue weighted by Gasteiger charge is -2.35. The highest BCUT2D eigenvalue weighted by Crippen LogP contribution is 2.16. The second-order valence-corrected chi connectivity index (χ2v) is 4.86. The molecule has 1 aliphatic rings. The molecule has 5 heteroatoms. The van der Waals surface area contributed by atoms with Crippen molar-refractivity contribution in [1.82, 2.24) is 9.80 Å². The number of carboxylic acids is 1. The van der Waals surface area contributed by atoms with Crippen molar-refractivity contribution in [3.63, 3.8) is 0 Å². The summed E-state index contributed by atoms with van der Waals surface area (Å²) in [6, 6.07) is -0.344. The van der Waals surface area contributed by atoms with Crippen molar-refractivity contribution in [2.75, 3.05) is 20.1 Å². The number of carbonyl (C=O) groups is 2. The lowest BCUT2D eigenvalue weighted by atomic mass is 10.0. The van der Waals surface area contributed by atoms with E-state index in [9.17, 15) is 9.59 Å². The van der Waals surface area contributed by atoms with Crippen molar-refractivity contribution in [1.29, 1.82) is 0 Å². The average molecular weight is 242 g/mol. The zero-order chi connectivity index (χ0) is 13.0. The second-order valence-electron chi connectivity index (χ2n) is 4.86. The molecule has 0 spiro atoms. The maximum atomic E-state index is 12.0. The number of carbonyl (C=O) groups excluding carboxylic acids is 1. The fourth-order valence-electron chi connectivity index (χ4n) is 2.10. The molecule has 0 unspecified atom stereocenters. The monoisotopic (exact) mass is 242 g/mol. The molecule has 0 aliphatic carbocycles. The minimum absolute atomic E-state index is 0.0350. The molecule has 2 atom stereocenters. The smallest absolute Gasteiger partial charge is 0.320 e. The molecule has 17 heavy (non-hydrogen) atoms. The standard InChI is InChI=1S/C12H22N2O3/c1-9-6-4-5-7-14(9)11(15)8-13(3)10(2)12(16)17/h9-10H,4-8H2,1-3H3,(H,16,17)/t9-,10-/m1/s1. The highest BCUT2D eigenvalue weighted by molar-refractivity contribution is 5.80. The van der Waals surface area contributed by atoms with Crippen LogP contribution in [0.4, 0.5) is 0 Å². The van der Waals surface area contributed by atoms with Gasteiger partial charge in [0.15, 0.2) is 0 Å². The summed E-state index contributed by atoms with van der Waals surface area (Å²) in [5, 5.41) is 8.86. The van der Waals surface area contributed by atoms with Crippen LogP contribution >= 0.6 is 0 Å². The van der Waals surface area contributed by atoms with Crippen LogP contribution in [0.5, 0.6) is 0 Å². The van der Waals surface area contributed by atoms with Gasteiger partial charge in [-0.15, -0.1) is 0 Å². The topological polar surface area (TPSA) is 60.9 Å². The van der Waals surface area contributed by atoms with Gasteiger partial charge in [0.2, 0.25) is 5.91 Å². The lowest BCUT2D eigenvalue weighted by molar-refractivity contribution is -0.144. The first-order chi connectivity index (χ1) is 7.93. The number of likely N-dealkylation sites (N-methyl/N-ethyl adjacent to an activating group) is 1. The molecule has 1 fully saturated rings. The van der Waals surface area contributed by atoms with Crippen molar-refractivity contribution >= 4 is 11.9 Å². The molecular weight excluding hydrogens is 220 g/mol. The second kappa shape index (κ2) is 6.00. The quantitative estimate of drug-likeness (QED) is 0.792. The Labute approximate surface area is 102 Å². The van der Waals surface area contributed by atoms with Crippen LogP contribution in [0.3, 0.4) is 0 Å². The fourth-order valence-corrected chi connectivity index (χ4v) is 2.10. The normalized spacial score (nSPS) is 22.6. The number of hydrogen-bond donors (Lipinski definition) is 1. The molecule has 1 N–H and O–H groups in total. The molecule has 0 aromatic rings. The van der Waals surface area contributed by atoms with E-state index >= 15 is 0 Å². The van der Waals surface area contributed by atoms with Crippen molar-refractivity contribution in [3.05, 3.63) is 0 Å². The Kier molecular flexibility index (Phi) is 4.93. The van der Waals surface area contributed by atoms with Gasteiger partial charge in [-0.3, -0.25) is 14.5 Å². The van der Waals surface area contributed by atoms with E-state index in [4.69, 9.17) is 5.11 Å². The molecule has 0 aromatic carbocycles. The van der Waals surface area contributed by atoms with Gasteiger partial charge >= 0.3 is 5.97 Å². The van der Waals surface area contributed by atoms with Crippen molar-refractivity contribution in [2.45, 2.75) is 45.2 Å². The van der Waals surface area contributed by atoms with Gasteiger partial charge in [0.05, 0.1) is 6.54 Å². The number of hydrogen-bond acceptors (Lipinski definition) is 3. The van der Waals surface area contributed by atoms with E-state index in [2.05, 4.69) is 6.92 Å². The number of carboxylic acid groups (broad SMARTS) is 1. The molecule has 1 aliphatic heterocycles. The summed E-state index contributed by atoms with van der Waals surface area (Å²) in [5.74, 6) is -0.861. The van der Waals surface area contributed by atoms with Crippen LogP contribution in [0.15, 0.2) is 0 Å². The van der Waals surface area contributed by atoms with Crippen LogP contribution in [0.2, 0.25) is 0 Å². The summed E-state index contributed by atoms with van der Waals surface area (Å²) in [5.41, 5.74) is 0. The van der Waals surface area contributed by atoms with E-state index in [0.717, 1.165) is 19.4 Å². The third-order valence-electron chi connectivity index (χ3n) is 3.53. The SMILES string of the molecule is C[C@H](C(=O)O)N(C)CC(=O)N1CCCC[C@H]1C. The minimum atomic E-state index is -0.896. The summed E-state index contributed by atoms with van der Waals surface area (Å²) >= 11 is 0. The Morgan fingerprint density at radius 1 is 1.47 bits per heavy atom. The molecule has 0 bridgehead atoms. The highest BCUT2D eigenvalue weighted by atomic mass is 16.4. The first kappa shape index (κ1) is 14.0. The third kappa shape index (κ3) is 3.70. The summed E-state index contributed by atoms with van der Waals surface area (Å²) in [6.07, 6.45) is 3.27. The molecular formula is C12H22N2O3. The number of nitrogens with zero attached hydrogens (tertiary/aromatic N) is 2. The summed E-state index contributed by atoms with van der Waals surface area (Å²) in [7, 11) is 1.67. The van der Waals surface area contributed by atoms with Crippen LogP contribution in [0, 0.1) is 0 Å². The minimum Gasteiger partial charge on any atom is -0.480 e. The lowest BCUT2D eigenvalue weighted by Crippen LogP contribution is -2.48. The maximum absolute atomic E-state index is 12.0. The first-order valence-electron chi connectivity index (χ1n) is 6.16. The van der Waals surface area contributed by atoms with Crippen LogP contribution in [-0.4, -0.2) is 59.0 Å². The number of likely N-dealkylation sites (tertiary alicyclic amines) is 1. The van der Waals surface area contributed by atoms with Gasteiger partial charge in [-0.05, 0) is 40.2 Å². The van der Waals surface area contributed by atoms with Crippen molar-refractivity contribution in [3.8, 4) is 0 Å². The maximum Gasteiger partial charge on any atom is 0.320 e. The molecule has 1 heterocycles. The van der Waals surface area contributed by atoms with E-state index < -0.39 is 12.0 Å². The van der Waals surface area contributed by atoms with Gasteiger partial charge < -0.3 is 10.0 Å². The van der Waals surface area contributed by atoms with E-state index in [0.29, 0.717) is 0 Å². The van der Waals surface area contributed by atoms with E-state index in [1.165, 1.54) is 6.42 Å². The number of rotatable bonds is 4. The number of piperidine rings is 1.